The molecule has 1 rings (SSSR count). The Morgan fingerprint density at radius 3 is 1.55 bits per heavy atom. The van der Waals surface area contributed by atoms with E-state index in [0.717, 1.165) is 0 Å². The van der Waals surface area contributed by atoms with Gasteiger partial charge in [0.1, 0.15) is 10.0 Å². The van der Waals surface area contributed by atoms with Crippen LogP contribution in [0.15, 0.2) is 0 Å². The monoisotopic (exact) mass is 217 g/mol. The number of aromatic nitrogens is 1. The Hall–Kier alpha value is -0.120. The van der Waals surface area contributed by atoms with Crippen LogP contribution in [0.3, 0.4) is 0 Å². The molecule has 0 bridgehead atoms. The van der Waals surface area contributed by atoms with Crippen LogP contribution in [0.2, 0.25) is 15.1 Å². The van der Waals surface area contributed by atoms with Crippen LogP contribution in [0, 0.1) is 11.9 Å². The van der Waals surface area contributed by atoms with Gasteiger partial charge in [0.25, 0.3) is 0 Å². The molecular weight excluding hydrogens is 218 g/mol. The van der Waals surface area contributed by atoms with Gasteiger partial charge in [-0.15, -0.1) is 0 Å². The van der Waals surface area contributed by atoms with Crippen molar-refractivity contribution in [3.05, 3.63) is 27.0 Å². The molecule has 1 aromatic rings. The summed E-state index contributed by atoms with van der Waals surface area (Å²) in [5, 5.41) is -1.31. The minimum absolute atomic E-state index is 0.363. The van der Waals surface area contributed by atoms with E-state index in [0.29, 0.717) is 0 Å². The Kier molecular flexibility index (Phi) is 2.52. The van der Waals surface area contributed by atoms with Crippen molar-refractivity contribution in [1.82, 2.24) is 4.98 Å². The van der Waals surface area contributed by atoms with E-state index in [1.807, 2.05) is 0 Å². The first-order valence-corrected chi connectivity index (χ1v) is 3.53. The van der Waals surface area contributed by atoms with Gasteiger partial charge in [-0.2, -0.15) is 13.8 Å². The number of nitrogens with zero attached hydrogens (tertiary/aromatic N) is 1. The third kappa shape index (κ3) is 1.55. The number of pyridine rings is 1. The number of halogens is 5. The zero-order chi connectivity index (χ0) is 8.59. The van der Waals surface area contributed by atoms with Gasteiger partial charge in [-0.3, -0.25) is 0 Å². The van der Waals surface area contributed by atoms with Crippen molar-refractivity contribution in [2.75, 3.05) is 0 Å². The standard InChI is InChI=1S/C5Cl3F2N/c6-1-2(7)4(9)11-5(10)3(1)8. The topological polar surface area (TPSA) is 12.9 Å². The minimum atomic E-state index is -1.17. The predicted octanol–water partition coefficient (Wildman–Crippen LogP) is 3.32. The van der Waals surface area contributed by atoms with E-state index in [1.54, 1.807) is 0 Å². The quantitative estimate of drug-likeness (QED) is 0.609. The van der Waals surface area contributed by atoms with Gasteiger partial charge < -0.3 is 0 Å². The molecule has 0 saturated heterocycles. The van der Waals surface area contributed by atoms with Gasteiger partial charge >= 0.3 is 0 Å². The number of rotatable bonds is 0. The average molecular weight is 218 g/mol. The summed E-state index contributed by atoms with van der Waals surface area (Å²) in [4.78, 5) is 2.75. The Morgan fingerprint density at radius 1 is 0.818 bits per heavy atom. The van der Waals surface area contributed by atoms with Crippen molar-refractivity contribution in [2.24, 2.45) is 0 Å². The summed E-state index contributed by atoms with van der Waals surface area (Å²) in [6.07, 6.45) is 0. The Labute approximate surface area is 75.9 Å². The molecule has 0 spiro atoms. The normalized spacial score (nSPS) is 10.3. The van der Waals surface area contributed by atoms with Crippen LogP contribution in [-0.4, -0.2) is 4.98 Å². The second-order valence-corrected chi connectivity index (χ2v) is 2.77. The highest BCUT2D eigenvalue weighted by molar-refractivity contribution is 6.47. The predicted molar refractivity (Wildman–Crippen MR) is 39.2 cm³/mol. The van der Waals surface area contributed by atoms with Crippen molar-refractivity contribution < 1.29 is 8.78 Å². The maximum Gasteiger partial charge on any atom is 0.235 e. The van der Waals surface area contributed by atoms with Gasteiger partial charge in [0, 0.05) is 0 Å². The molecule has 0 aliphatic rings. The van der Waals surface area contributed by atoms with E-state index in [4.69, 9.17) is 34.8 Å². The summed E-state index contributed by atoms with van der Waals surface area (Å²) in [6.45, 7) is 0. The van der Waals surface area contributed by atoms with Crippen LogP contribution in [0.4, 0.5) is 8.78 Å². The summed E-state index contributed by atoms with van der Waals surface area (Å²) >= 11 is 15.8. The molecule has 0 aliphatic carbocycles. The van der Waals surface area contributed by atoms with E-state index in [2.05, 4.69) is 4.98 Å². The second kappa shape index (κ2) is 3.09. The summed E-state index contributed by atoms with van der Waals surface area (Å²) in [5.41, 5.74) is 0. The van der Waals surface area contributed by atoms with Crippen LogP contribution in [0.25, 0.3) is 0 Å². The Bertz CT molecular complexity index is 276. The summed E-state index contributed by atoms with van der Waals surface area (Å²) in [5.74, 6) is -2.34. The van der Waals surface area contributed by atoms with Crippen LogP contribution in [0.1, 0.15) is 0 Å². The largest absolute Gasteiger partial charge is 0.235 e. The molecule has 0 aromatic carbocycles. The first-order valence-electron chi connectivity index (χ1n) is 2.39. The highest BCUT2D eigenvalue weighted by Crippen LogP contribution is 2.31. The van der Waals surface area contributed by atoms with Crippen LogP contribution < -0.4 is 0 Å². The lowest BCUT2D eigenvalue weighted by molar-refractivity contribution is 0.513. The lowest BCUT2D eigenvalue weighted by Crippen LogP contribution is -1.91. The molecule has 1 heterocycles. The van der Waals surface area contributed by atoms with E-state index in [1.165, 1.54) is 0 Å². The molecule has 0 radical (unpaired) electrons. The molecule has 0 aliphatic heterocycles. The first kappa shape index (κ1) is 8.97. The van der Waals surface area contributed by atoms with E-state index in [9.17, 15) is 8.78 Å². The summed E-state index contributed by atoms with van der Waals surface area (Å²) < 4.78 is 24.8. The summed E-state index contributed by atoms with van der Waals surface area (Å²) in [7, 11) is 0. The molecule has 6 heteroatoms. The molecule has 0 amide bonds. The zero-order valence-electron chi connectivity index (χ0n) is 4.84. The lowest BCUT2D eigenvalue weighted by Gasteiger charge is -1.99. The van der Waals surface area contributed by atoms with Gasteiger partial charge in [-0.05, 0) is 0 Å². The van der Waals surface area contributed by atoms with Crippen LogP contribution >= 0.6 is 34.8 Å². The Morgan fingerprint density at radius 2 is 1.18 bits per heavy atom. The molecular formula is C5Cl3F2N. The van der Waals surface area contributed by atoms with Crippen molar-refractivity contribution in [1.29, 1.82) is 0 Å². The maximum absolute atomic E-state index is 12.4. The minimum Gasteiger partial charge on any atom is -0.188 e. The van der Waals surface area contributed by atoms with Gasteiger partial charge in [0.05, 0.1) is 5.02 Å². The van der Waals surface area contributed by atoms with Gasteiger partial charge in [0.2, 0.25) is 11.9 Å². The number of hydrogen-bond donors (Lipinski definition) is 0. The highest BCUT2D eigenvalue weighted by atomic mass is 35.5. The lowest BCUT2D eigenvalue weighted by atomic mass is 10.5. The third-order valence-corrected chi connectivity index (χ3v) is 2.21. The molecule has 1 aromatic heterocycles. The van der Waals surface area contributed by atoms with Crippen molar-refractivity contribution in [2.45, 2.75) is 0 Å². The highest BCUT2D eigenvalue weighted by Gasteiger charge is 2.15. The molecule has 60 valence electrons. The fourth-order valence-corrected chi connectivity index (χ4v) is 0.940. The van der Waals surface area contributed by atoms with Crippen molar-refractivity contribution in [3.63, 3.8) is 0 Å². The molecule has 0 unspecified atom stereocenters. The van der Waals surface area contributed by atoms with Gasteiger partial charge in [-0.1, -0.05) is 34.8 Å². The average Bonchev–Trinajstić information content (AvgIpc) is 1.97. The van der Waals surface area contributed by atoms with E-state index >= 15 is 0 Å². The van der Waals surface area contributed by atoms with Crippen LogP contribution in [-0.2, 0) is 0 Å². The maximum atomic E-state index is 12.4. The van der Waals surface area contributed by atoms with E-state index in [-0.39, 0.29) is 5.02 Å². The Balaban J connectivity index is 3.46. The smallest absolute Gasteiger partial charge is 0.188 e. The molecule has 1 nitrogen and oxygen atoms in total. The second-order valence-electron chi connectivity index (χ2n) is 1.64. The van der Waals surface area contributed by atoms with Gasteiger partial charge in [0.15, 0.2) is 0 Å². The zero-order valence-corrected chi connectivity index (χ0v) is 7.10. The fraction of sp³-hybridized carbons (Fsp3) is 0. The number of hydrogen-bond acceptors (Lipinski definition) is 1. The SMILES string of the molecule is Fc1nc(F)c(Cl)c(Cl)c1Cl. The molecule has 0 atom stereocenters. The molecule has 0 N–H and O–H groups in total. The van der Waals surface area contributed by atoms with Crippen molar-refractivity contribution >= 4 is 34.8 Å². The molecule has 0 fully saturated rings. The van der Waals surface area contributed by atoms with Gasteiger partial charge in [-0.25, -0.2) is 0 Å². The fourth-order valence-electron chi connectivity index (χ4n) is 0.462. The third-order valence-electron chi connectivity index (χ3n) is 0.944. The first-order chi connectivity index (χ1) is 5.04. The van der Waals surface area contributed by atoms with E-state index < -0.39 is 21.9 Å². The summed E-state index contributed by atoms with van der Waals surface area (Å²) in [6, 6.07) is 0. The van der Waals surface area contributed by atoms with Crippen molar-refractivity contribution in [3.8, 4) is 0 Å². The van der Waals surface area contributed by atoms with Crippen LogP contribution in [0.5, 0.6) is 0 Å². The molecule has 0 saturated carbocycles. The molecule has 11 heavy (non-hydrogen) atoms.